The Balaban J connectivity index is 1.38. The Hall–Kier alpha value is -3.39. The maximum absolute atomic E-state index is 13.1. The van der Waals surface area contributed by atoms with E-state index in [2.05, 4.69) is 20.4 Å². The Morgan fingerprint density at radius 1 is 1.13 bits per heavy atom. The first-order chi connectivity index (χ1) is 14.6. The molecule has 8 heteroatoms. The third-order valence-corrected chi connectivity index (χ3v) is 5.73. The molecule has 1 amide bonds. The number of aryl methyl sites for hydroxylation is 1. The summed E-state index contributed by atoms with van der Waals surface area (Å²) in [5.41, 5.74) is 3.76. The van der Waals surface area contributed by atoms with Crippen molar-refractivity contribution in [3.63, 3.8) is 0 Å². The van der Waals surface area contributed by atoms with Crippen molar-refractivity contribution < 1.29 is 9.18 Å². The van der Waals surface area contributed by atoms with Crippen molar-refractivity contribution in [1.29, 1.82) is 0 Å². The summed E-state index contributed by atoms with van der Waals surface area (Å²) in [5.74, 6) is -0.406. The van der Waals surface area contributed by atoms with Crippen molar-refractivity contribution in [1.82, 2.24) is 25.1 Å². The minimum atomic E-state index is -0.264. The second-order valence-corrected chi connectivity index (χ2v) is 8.00. The van der Waals surface area contributed by atoms with Crippen LogP contribution in [0.15, 0.2) is 61.2 Å². The van der Waals surface area contributed by atoms with Gasteiger partial charge in [-0.3, -0.25) is 4.79 Å². The van der Waals surface area contributed by atoms with Crippen molar-refractivity contribution in [2.24, 2.45) is 0 Å². The van der Waals surface area contributed by atoms with Gasteiger partial charge in [-0.05, 0) is 35.7 Å². The maximum atomic E-state index is 13.1. The first kappa shape index (κ1) is 19.9. The summed E-state index contributed by atoms with van der Waals surface area (Å²) in [6.07, 6.45) is 3.75. The van der Waals surface area contributed by atoms with Crippen LogP contribution in [-0.2, 0) is 19.5 Å². The van der Waals surface area contributed by atoms with E-state index in [4.69, 9.17) is 0 Å². The minimum Gasteiger partial charge on any atom is -0.347 e. The number of aromatic nitrogens is 4. The van der Waals surface area contributed by atoms with Gasteiger partial charge in [-0.1, -0.05) is 36.4 Å². The van der Waals surface area contributed by atoms with E-state index in [0.717, 1.165) is 21.7 Å². The van der Waals surface area contributed by atoms with Crippen LogP contribution in [-0.4, -0.2) is 25.7 Å². The van der Waals surface area contributed by atoms with E-state index in [1.54, 1.807) is 23.1 Å². The fraction of sp³-hybridized carbons (Fsp3) is 0.182. The first-order valence-corrected chi connectivity index (χ1v) is 10.3. The number of thiazole rings is 1. The average Bonchev–Trinajstić information content (AvgIpc) is 3.38. The lowest BCUT2D eigenvalue weighted by Gasteiger charge is -2.07. The fourth-order valence-corrected chi connectivity index (χ4v) is 4.13. The quantitative estimate of drug-likeness (QED) is 0.493. The van der Waals surface area contributed by atoms with Crippen molar-refractivity contribution in [2.45, 2.75) is 26.4 Å². The summed E-state index contributed by atoms with van der Waals surface area (Å²) in [6, 6.07) is 14.3. The van der Waals surface area contributed by atoms with Crippen LogP contribution in [0.4, 0.5) is 4.39 Å². The first-order valence-electron chi connectivity index (χ1n) is 9.46. The molecule has 152 valence electrons. The zero-order valence-electron chi connectivity index (χ0n) is 16.4. The van der Waals surface area contributed by atoms with Crippen molar-refractivity contribution in [3.8, 4) is 0 Å². The Bertz CT molecular complexity index is 1140. The summed E-state index contributed by atoms with van der Waals surface area (Å²) < 4.78 is 14.8. The summed E-state index contributed by atoms with van der Waals surface area (Å²) in [5, 5.41) is 7.92. The van der Waals surface area contributed by atoms with Gasteiger partial charge in [0.05, 0.1) is 17.2 Å². The van der Waals surface area contributed by atoms with Gasteiger partial charge in [0.15, 0.2) is 0 Å². The van der Waals surface area contributed by atoms with Crippen LogP contribution in [0.2, 0.25) is 0 Å². The van der Waals surface area contributed by atoms with Gasteiger partial charge in [0.2, 0.25) is 0 Å². The molecule has 1 N–H and O–H groups in total. The Morgan fingerprint density at radius 3 is 2.70 bits per heavy atom. The summed E-state index contributed by atoms with van der Waals surface area (Å²) in [7, 11) is 0. The van der Waals surface area contributed by atoms with Crippen LogP contribution >= 0.6 is 11.3 Å². The van der Waals surface area contributed by atoms with Gasteiger partial charge in [0.25, 0.3) is 5.91 Å². The number of halogens is 1. The van der Waals surface area contributed by atoms with E-state index in [1.165, 1.54) is 29.8 Å². The molecule has 4 rings (SSSR count). The lowest BCUT2D eigenvalue weighted by atomic mass is 10.1. The number of hydrogen-bond acceptors (Lipinski definition) is 5. The number of carbonyl (C=O) groups excluding carboxylic acids is 1. The Kier molecular flexibility index (Phi) is 5.94. The van der Waals surface area contributed by atoms with Crippen molar-refractivity contribution >= 4 is 17.2 Å². The lowest BCUT2D eigenvalue weighted by Crippen LogP contribution is -2.22. The Morgan fingerprint density at radius 2 is 1.93 bits per heavy atom. The van der Waals surface area contributed by atoms with E-state index in [0.29, 0.717) is 30.1 Å². The smallest absolute Gasteiger partial charge is 0.263 e. The highest BCUT2D eigenvalue weighted by molar-refractivity contribution is 7.13. The number of benzene rings is 2. The zero-order valence-corrected chi connectivity index (χ0v) is 17.2. The van der Waals surface area contributed by atoms with E-state index in [-0.39, 0.29) is 11.7 Å². The van der Waals surface area contributed by atoms with Crippen LogP contribution in [0.1, 0.15) is 37.1 Å². The number of carbonyl (C=O) groups is 1. The van der Waals surface area contributed by atoms with Crippen LogP contribution < -0.4 is 5.32 Å². The van der Waals surface area contributed by atoms with Crippen LogP contribution in [0.3, 0.4) is 0 Å². The molecule has 2 aromatic carbocycles. The largest absolute Gasteiger partial charge is 0.347 e. The van der Waals surface area contributed by atoms with Crippen LogP contribution in [0, 0.1) is 12.7 Å². The number of nitrogens with zero attached hydrogens (tertiary/aromatic N) is 4. The topological polar surface area (TPSA) is 72.7 Å². The second-order valence-electron chi connectivity index (χ2n) is 6.92. The maximum Gasteiger partial charge on any atom is 0.263 e. The summed E-state index contributed by atoms with van der Waals surface area (Å²) in [4.78, 5) is 21.7. The van der Waals surface area contributed by atoms with Gasteiger partial charge in [-0.25, -0.2) is 19.0 Å². The highest BCUT2D eigenvalue weighted by Gasteiger charge is 2.15. The number of nitrogens with one attached hydrogen (secondary N) is 1. The number of amides is 1. The predicted molar refractivity (Wildman–Crippen MR) is 113 cm³/mol. The predicted octanol–water partition coefficient (Wildman–Crippen LogP) is 3.75. The van der Waals surface area contributed by atoms with E-state index >= 15 is 0 Å². The molecule has 0 saturated heterocycles. The second kappa shape index (κ2) is 8.96. The average molecular weight is 422 g/mol. The minimum absolute atomic E-state index is 0.142. The number of rotatable bonds is 7. The molecule has 4 aromatic rings. The highest BCUT2D eigenvalue weighted by Crippen LogP contribution is 2.21. The van der Waals surface area contributed by atoms with Crippen molar-refractivity contribution in [2.75, 3.05) is 0 Å². The third kappa shape index (κ3) is 4.96. The van der Waals surface area contributed by atoms with Crippen LogP contribution in [0.25, 0.3) is 0 Å². The molecule has 0 fully saturated rings. The molecule has 30 heavy (non-hydrogen) atoms. The molecular formula is C22H20FN5OS. The molecule has 2 heterocycles. The molecule has 0 unspecified atom stereocenters. The standard InChI is InChI=1S/C22H20FN5OS/c1-15-21(30-20(27-15)10-16-5-7-19(23)8-6-16)22(29)25-11-17-3-2-4-18(9-17)12-28-14-24-13-26-28/h2-9,13-14H,10-12H2,1H3,(H,25,29). The molecule has 6 nitrogen and oxygen atoms in total. The monoisotopic (exact) mass is 421 g/mol. The number of hydrogen-bond donors (Lipinski definition) is 1. The normalized spacial score (nSPS) is 10.9. The van der Waals surface area contributed by atoms with Gasteiger partial charge in [0, 0.05) is 13.0 Å². The molecule has 0 atom stereocenters. The third-order valence-electron chi connectivity index (χ3n) is 4.57. The van der Waals surface area contributed by atoms with Gasteiger partial charge in [0.1, 0.15) is 23.3 Å². The molecule has 2 aromatic heterocycles. The molecular weight excluding hydrogens is 401 g/mol. The molecule has 0 radical (unpaired) electrons. The molecule has 0 aliphatic rings. The van der Waals surface area contributed by atoms with E-state index in [9.17, 15) is 9.18 Å². The van der Waals surface area contributed by atoms with Gasteiger partial charge < -0.3 is 5.32 Å². The lowest BCUT2D eigenvalue weighted by molar-refractivity contribution is 0.0954. The van der Waals surface area contributed by atoms with Gasteiger partial charge in [-0.2, -0.15) is 5.10 Å². The van der Waals surface area contributed by atoms with Gasteiger partial charge in [-0.15, -0.1) is 11.3 Å². The molecule has 0 bridgehead atoms. The van der Waals surface area contributed by atoms with E-state index in [1.807, 2.05) is 31.2 Å². The van der Waals surface area contributed by atoms with Crippen LogP contribution in [0.5, 0.6) is 0 Å². The molecule has 0 aliphatic heterocycles. The molecule has 0 saturated carbocycles. The SMILES string of the molecule is Cc1nc(Cc2ccc(F)cc2)sc1C(=O)NCc1cccc(Cn2cncn2)c1. The Labute approximate surface area is 177 Å². The fourth-order valence-electron chi connectivity index (χ4n) is 3.12. The zero-order chi connectivity index (χ0) is 20.9. The van der Waals surface area contributed by atoms with Crippen molar-refractivity contribution in [3.05, 3.63) is 99.3 Å². The molecule has 0 spiro atoms. The van der Waals surface area contributed by atoms with E-state index < -0.39 is 0 Å². The summed E-state index contributed by atoms with van der Waals surface area (Å²) in [6.45, 7) is 2.88. The summed E-state index contributed by atoms with van der Waals surface area (Å²) >= 11 is 1.37. The molecule has 0 aliphatic carbocycles. The van der Waals surface area contributed by atoms with Gasteiger partial charge >= 0.3 is 0 Å². The highest BCUT2D eigenvalue weighted by atomic mass is 32.1.